The maximum absolute atomic E-state index is 12.4. The van der Waals surface area contributed by atoms with Crippen LogP contribution in [0.1, 0.15) is 71.7 Å². The molecule has 0 amide bonds. The van der Waals surface area contributed by atoms with Gasteiger partial charge in [-0.2, -0.15) is 0 Å². The Morgan fingerprint density at radius 3 is 2.83 bits per heavy atom. The number of carbonyl (C=O) groups excluding carboxylic acids is 1. The largest absolute Gasteiger partial charge is 0.496 e. The van der Waals surface area contributed by atoms with Crippen LogP contribution >= 0.6 is 11.6 Å². The molecule has 3 aromatic rings. The van der Waals surface area contributed by atoms with Crippen LogP contribution in [0.15, 0.2) is 41.7 Å². The lowest BCUT2D eigenvalue weighted by Gasteiger charge is -2.21. The standard InChI is InChI=1S/C32H37ClN6O3/c1-19-15-36-26(20(2)28(19)41-4)18-39-17-24(27-29(33)37-32(34)38-30(27)39)13-12-22-8-7-9-23(14-22)16-35-21(3)31(40)42-25-10-5-6-11-25/h7-9,14-15,17,21,25,32,35,38H,5-6,10-11,16,18,34H2,1-4H3. The fourth-order valence-electron chi connectivity index (χ4n) is 5.42. The number of nitrogens with zero attached hydrogens (tertiary/aromatic N) is 3. The van der Waals surface area contributed by atoms with Gasteiger partial charge < -0.3 is 24.7 Å². The van der Waals surface area contributed by atoms with Crippen LogP contribution < -0.4 is 21.1 Å². The predicted octanol–water partition coefficient (Wildman–Crippen LogP) is 4.57. The van der Waals surface area contributed by atoms with Crippen molar-refractivity contribution in [1.82, 2.24) is 14.9 Å². The summed E-state index contributed by atoms with van der Waals surface area (Å²) in [4.78, 5) is 21.4. The Labute approximate surface area is 251 Å². The van der Waals surface area contributed by atoms with Gasteiger partial charge in [0.15, 0.2) is 6.29 Å². The number of halogens is 1. The fourth-order valence-corrected chi connectivity index (χ4v) is 5.71. The van der Waals surface area contributed by atoms with E-state index in [1.54, 1.807) is 7.11 Å². The Bertz CT molecular complexity index is 1560. The summed E-state index contributed by atoms with van der Waals surface area (Å²) in [6.45, 7) is 6.80. The van der Waals surface area contributed by atoms with Crippen LogP contribution in [-0.4, -0.2) is 46.2 Å². The number of ether oxygens (including phenoxy) is 2. The van der Waals surface area contributed by atoms with Gasteiger partial charge in [-0.1, -0.05) is 35.6 Å². The Balaban J connectivity index is 1.35. The fraction of sp³-hybridized carbons (Fsp3) is 0.406. The molecule has 2 atom stereocenters. The minimum atomic E-state index is -0.664. The third-order valence-electron chi connectivity index (χ3n) is 7.71. The molecule has 1 aromatic carbocycles. The number of carbonyl (C=O) groups is 1. The second-order valence-corrected chi connectivity index (χ2v) is 11.2. The van der Waals surface area contributed by atoms with Crippen molar-refractivity contribution in [2.45, 2.75) is 78.0 Å². The van der Waals surface area contributed by atoms with Crippen molar-refractivity contribution in [2.24, 2.45) is 10.7 Å². The number of benzene rings is 1. The summed E-state index contributed by atoms with van der Waals surface area (Å²) >= 11 is 6.59. The maximum atomic E-state index is 12.4. The lowest BCUT2D eigenvalue weighted by atomic mass is 10.1. The van der Waals surface area contributed by atoms with Gasteiger partial charge in [0.2, 0.25) is 0 Å². The first-order valence-electron chi connectivity index (χ1n) is 14.3. The van der Waals surface area contributed by atoms with Crippen LogP contribution in [0, 0.1) is 25.7 Å². The second-order valence-electron chi connectivity index (χ2n) is 10.8. The number of aryl methyl sites for hydroxylation is 1. The van der Waals surface area contributed by atoms with Crippen molar-refractivity contribution in [3.05, 3.63) is 75.7 Å². The number of methoxy groups -OCH3 is 1. The zero-order chi connectivity index (χ0) is 29.8. The number of anilines is 1. The second kappa shape index (κ2) is 13.0. The Morgan fingerprint density at radius 2 is 2.07 bits per heavy atom. The number of fused-ring (bicyclic) bond motifs is 1. The highest BCUT2D eigenvalue weighted by atomic mass is 35.5. The molecule has 9 nitrogen and oxygen atoms in total. The normalized spacial score (nSPS) is 17.0. The number of aliphatic imine (C=N–C) groups is 1. The van der Waals surface area contributed by atoms with E-state index in [0.29, 0.717) is 23.8 Å². The zero-order valence-electron chi connectivity index (χ0n) is 24.5. The van der Waals surface area contributed by atoms with E-state index in [4.69, 9.17) is 26.8 Å². The molecule has 42 heavy (non-hydrogen) atoms. The van der Waals surface area contributed by atoms with Crippen LogP contribution in [0.5, 0.6) is 5.75 Å². The Morgan fingerprint density at radius 1 is 1.29 bits per heavy atom. The zero-order valence-corrected chi connectivity index (χ0v) is 25.2. The molecule has 1 fully saturated rings. The van der Waals surface area contributed by atoms with Crippen LogP contribution in [-0.2, 0) is 22.6 Å². The summed E-state index contributed by atoms with van der Waals surface area (Å²) in [5.74, 6) is 7.90. The summed E-state index contributed by atoms with van der Waals surface area (Å²) < 4.78 is 13.2. The Kier molecular flexibility index (Phi) is 9.17. The number of hydrogen-bond donors (Lipinski definition) is 3. The molecule has 0 spiro atoms. The van der Waals surface area contributed by atoms with E-state index < -0.39 is 12.3 Å². The average Bonchev–Trinajstić information content (AvgIpc) is 3.60. The first kappa shape index (κ1) is 29.6. The average molecular weight is 589 g/mol. The molecule has 2 aliphatic rings. The lowest BCUT2D eigenvalue weighted by Crippen LogP contribution is -2.36. The van der Waals surface area contributed by atoms with E-state index in [-0.39, 0.29) is 12.1 Å². The van der Waals surface area contributed by atoms with Crippen molar-refractivity contribution < 1.29 is 14.3 Å². The number of rotatable bonds is 8. The third-order valence-corrected chi connectivity index (χ3v) is 8.00. The Hall–Kier alpha value is -3.84. The van der Waals surface area contributed by atoms with Crippen LogP contribution in [0.25, 0.3) is 0 Å². The summed E-state index contributed by atoms with van der Waals surface area (Å²) in [5.41, 5.74) is 12.2. The summed E-state index contributed by atoms with van der Waals surface area (Å²) in [6.07, 6.45) is 7.33. The van der Waals surface area contributed by atoms with E-state index in [1.807, 2.05) is 62.0 Å². The minimum Gasteiger partial charge on any atom is -0.496 e. The summed E-state index contributed by atoms with van der Waals surface area (Å²) in [5, 5.41) is 6.80. The molecular weight excluding hydrogens is 552 g/mol. The van der Waals surface area contributed by atoms with Gasteiger partial charge in [-0.3, -0.25) is 15.5 Å². The molecule has 0 saturated heterocycles. The number of hydrogen-bond acceptors (Lipinski definition) is 8. The number of pyridine rings is 1. The predicted molar refractivity (Wildman–Crippen MR) is 165 cm³/mol. The van der Waals surface area contributed by atoms with Crippen molar-refractivity contribution in [3.8, 4) is 17.6 Å². The quantitative estimate of drug-likeness (QED) is 0.261. The van der Waals surface area contributed by atoms with Gasteiger partial charge in [0.05, 0.1) is 30.5 Å². The topological polar surface area (TPSA) is 116 Å². The number of aromatic nitrogens is 2. The van der Waals surface area contributed by atoms with Gasteiger partial charge in [-0.05, 0) is 64.2 Å². The SMILES string of the molecule is COc1c(C)cnc(Cn2cc(C#Cc3cccc(CNC(C)C(=O)OC4CCCC4)c3)c3c2NC(N)N=C3Cl)c1C. The molecular formula is C32H37ClN6O3. The molecule has 1 aliphatic carbocycles. The molecule has 1 saturated carbocycles. The van der Waals surface area contributed by atoms with Crippen LogP contribution in [0.3, 0.4) is 0 Å². The molecule has 10 heteroatoms. The number of nitrogens with two attached hydrogens (primary N) is 1. The first-order valence-corrected chi connectivity index (χ1v) is 14.6. The molecule has 5 rings (SSSR count). The van der Waals surface area contributed by atoms with Crippen molar-refractivity contribution in [3.63, 3.8) is 0 Å². The van der Waals surface area contributed by atoms with E-state index >= 15 is 0 Å². The highest BCUT2D eigenvalue weighted by Crippen LogP contribution is 2.31. The molecule has 4 N–H and O–H groups in total. The van der Waals surface area contributed by atoms with Gasteiger partial charge in [-0.15, -0.1) is 0 Å². The van der Waals surface area contributed by atoms with E-state index in [9.17, 15) is 4.79 Å². The van der Waals surface area contributed by atoms with Crippen molar-refractivity contribution >= 4 is 28.6 Å². The smallest absolute Gasteiger partial charge is 0.323 e. The first-order chi connectivity index (χ1) is 20.2. The van der Waals surface area contributed by atoms with Crippen LogP contribution in [0.2, 0.25) is 0 Å². The van der Waals surface area contributed by atoms with E-state index in [0.717, 1.165) is 70.8 Å². The molecule has 0 radical (unpaired) electrons. The molecule has 2 unspecified atom stereocenters. The summed E-state index contributed by atoms with van der Waals surface area (Å²) in [7, 11) is 1.66. The molecule has 3 heterocycles. The van der Waals surface area contributed by atoms with Gasteiger partial charge in [-0.25, -0.2) is 4.99 Å². The monoisotopic (exact) mass is 588 g/mol. The highest BCUT2D eigenvalue weighted by molar-refractivity contribution is 6.70. The van der Waals surface area contributed by atoms with Crippen LogP contribution in [0.4, 0.5) is 5.82 Å². The van der Waals surface area contributed by atoms with Gasteiger partial charge in [0, 0.05) is 35.6 Å². The van der Waals surface area contributed by atoms with Gasteiger partial charge in [0.25, 0.3) is 0 Å². The van der Waals surface area contributed by atoms with Gasteiger partial charge >= 0.3 is 5.97 Å². The number of esters is 1. The number of nitrogens with one attached hydrogen (secondary N) is 2. The third kappa shape index (κ3) is 6.62. The molecule has 1 aliphatic heterocycles. The molecule has 220 valence electrons. The molecule has 0 bridgehead atoms. The highest BCUT2D eigenvalue weighted by Gasteiger charge is 2.26. The van der Waals surface area contributed by atoms with E-state index in [1.165, 1.54) is 0 Å². The van der Waals surface area contributed by atoms with Crippen molar-refractivity contribution in [1.29, 1.82) is 0 Å². The van der Waals surface area contributed by atoms with Gasteiger partial charge in [0.1, 0.15) is 28.9 Å². The summed E-state index contributed by atoms with van der Waals surface area (Å²) in [6, 6.07) is 7.53. The maximum Gasteiger partial charge on any atom is 0.323 e. The minimum absolute atomic E-state index is 0.0606. The van der Waals surface area contributed by atoms with E-state index in [2.05, 4.69) is 32.5 Å². The van der Waals surface area contributed by atoms with Crippen molar-refractivity contribution in [2.75, 3.05) is 12.4 Å². The molecule has 2 aromatic heterocycles. The lowest BCUT2D eigenvalue weighted by molar-refractivity contribution is -0.150.